The Balaban J connectivity index is 2.30. The molecule has 1 unspecified atom stereocenters. The largest absolute Gasteiger partial charge is 0.378 e. The summed E-state index contributed by atoms with van der Waals surface area (Å²) in [6.45, 7) is 9.33. The van der Waals surface area contributed by atoms with E-state index in [4.69, 9.17) is 4.74 Å². The molecular formula is C15H28BrNO2. The van der Waals surface area contributed by atoms with Gasteiger partial charge in [0.15, 0.2) is 0 Å². The van der Waals surface area contributed by atoms with E-state index in [-0.39, 0.29) is 17.4 Å². The van der Waals surface area contributed by atoms with Crippen LogP contribution in [0.15, 0.2) is 0 Å². The van der Waals surface area contributed by atoms with Crippen molar-refractivity contribution < 1.29 is 9.53 Å². The highest BCUT2D eigenvalue weighted by atomic mass is 79.9. The fourth-order valence-corrected chi connectivity index (χ4v) is 3.02. The number of hydrogen-bond donors (Lipinski definition) is 1. The Kier molecular flexibility index (Phi) is 6.81. The number of ether oxygens (including phenoxy) is 1. The summed E-state index contributed by atoms with van der Waals surface area (Å²) >= 11 is 3.47. The molecule has 0 aromatic carbocycles. The summed E-state index contributed by atoms with van der Waals surface area (Å²) in [6.07, 6.45) is 4.10. The molecule has 1 saturated carbocycles. The highest BCUT2D eigenvalue weighted by Gasteiger charge is 2.32. The monoisotopic (exact) mass is 333 g/mol. The lowest BCUT2D eigenvalue weighted by Crippen LogP contribution is -2.45. The number of rotatable bonds is 7. The molecule has 112 valence electrons. The summed E-state index contributed by atoms with van der Waals surface area (Å²) < 4.78 is 5.53. The maximum Gasteiger partial charge on any atom is 0.220 e. The molecular weight excluding hydrogens is 306 g/mol. The van der Waals surface area contributed by atoms with Crippen molar-refractivity contribution in [1.29, 1.82) is 0 Å². The minimum absolute atomic E-state index is 0.108. The molecule has 3 nitrogen and oxygen atoms in total. The molecule has 1 rings (SSSR count). The Bertz CT molecular complexity index is 282. The van der Waals surface area contributed by atoms with E-state index in [1.165, 1.54) is 0 Å². The topological polar surface area (TPSA) is 38.3 Å². The average molecular weight is 334 g/mol. The van der Waals surface area contributed by atoms with Gasteiger partial charge < -0.3 is 10.1 Å². The summed E-state index contributed by atoms with van der Waals surface area (Å²) in [4.78, 5) is 12.1. The van der Waals surface area contributed by atoms with E-state index in [1.54, 1.807) is 0 Å². The second-order valence-corrected chi connectivity index (χ2v) is 7.38. The molecule has 1 N–H and O–H groups in total. The SMILES string of the molecule is CCOC1CC(CC(=O)NC(CCBr)C(C)(C)C)C1. The van der Waals surface area contributed by atoms with Gasteiger partial charge in [-0.25, -0.2) is 0 Å². The average Bonchev–Trinajstić information content (AvgIpc) is 2.24. The highest BCUT2D eigenvalue weighted by molar-refractivity contribution is 9.09. The van der Waals surface area contributed by atoms with Gasteiger partial charge in [-0.15, -0.1) is 0 Å². The standard InChI is InChI=1S/C15H28BrNO2/c1-5-19-12-8-11(9-12)10-14(18)17-13(6-7-16)15(2,3)4/h11-13H,5-10H2,1-4H3,(H,17,18). The van der Waals surface area contributed by atoms with Crippen molar-refractivity contribution in [2.75, 3.05) is 11.9 Å². The van der Waals surface area contributed by atoms with Crippen molar-refractivity contribution >= 4 is 21.8 Å². The molecule has 0 heterocycles. The van der Waals surface area contributed by atoms with Gasteiger partial charge in [0, 0.05) is 24.4 Å². The van der Waals surface area contributed by atoms with Crippen LogP contribution in [0.5, 0.6) is 0 Å². The van der Waals surface area contributed by atoms with Crippen LogP contribution in [0.25, 0.3) is 0 Å². The van der Waals surface area contributed by atoms with Gasteiger partial charge in [0.05, 0.1) is 6.10 Å². The third-order valence-electron chi connectivity index (χ3n) is 3.85. The van der Waals surface area contributed by atoms with Crippen molar-refractivity contribution in [3.05, 3.63) is 0 Å². The zero-order valence-electron chi connectivity index (χ0n) is 12.7. The number of nitrogens with one attached hydrogen (secondary N) is 1. The molecule has 0 spiro atoms. The first kappa shape index (κ1) is 17.0. The molecule has 1 aliphatic carbocycles. The van der Waals surface area contributed by atoms with Crippen LogP contribution >= 0.6 is 15.9 Å². The Labute approximate surface area is 126 Å². The number of alkyl halides is 1. The van der Waals surface area contributed by atoms with Gasteiger partial charge in [0.25, 0.3) is 0 Å². The van der Waals surface area contributed by atoms with Gasteiger partial charge in [-0.2, -0.15) is 0 Å². The van der Waals surface area contributed by atoms with E-state index in [9.17, 15) is 4.79 Å². The molecule has 1 amide bonds. The van der Waals surface area contributed by atoms with Crippen LogP contribution < -0.4 is 5.32 Å². The van der Waals surface area contributed by atoms with E-state index in [0.717, 1.165) is 31.2 Å². The second kappa shape index (κ2) is 7.63. The van der Waals surface area contributed by atoms with Gasteiger partial charge in [0.1, 0.15) is 0 Å². The summed E-state index contributed by atoms with van der Waals surface area (Å²) in [5, 5.41) is 4.12. The first-order chi connectivity index (χ1) is 8.86. The number of hydrogen-bond acceptors (Lipinski definition) is 2. The van der Waals surface area contributed by atoms with Crippen molar-refractivity contribution in [2.24, 2.45) is 11.3 Å². The zero-order chi connectivity index (χ0) is 14.5. The molecule has 1 fully saturated rings. The van der Waals surface area contributed by atoms with E-state index in [2.05, 4.69) is 42.0 Å². The smallest absolute Gasteiger partial charge is 0.220 e. The Hall–Kier alpha value is -0.0900. The van der Waals surface area contributed by atoms with Gasteiger partial charge in [0.2, 0.25) is 5.91 Å². The molecule has 19 heavy (non-hydrogen) atoms. The molecule has 1 aliphatic rings. The van der Waals surface area contributed by atoms with E-state index >= 15 is 0 Å². The van der Waals surface area contributed by atoms with E-state index in [0.29, 0.717) is 18.4 Å². The molecule has 0 aromatic heterocycles. The third kappa shape index (κ3) is 5.82. The van der Waals surface area contributed by atoms with E-state index in [1.807, 2.05) is 6.92 Å². The Morgan fingerprint density at radius 3 is 2.53 bits per heavy atom. The summed E-state index contributed by atoms with van der Waals surface area (Å²) in [6, 6.07) is 0.238. The maximum atomic E-state index is 12.1. The molecule has 0 aliphatic heterocycles. The normalized spacial score (nSPS) is 24.7. The predicted octanol–water partition coefficient (Wildman–Crippen LogP) is 3.51. The number of halogens is 1. The van der Waals surface area contributed by atoms with Gasteiger partial charge in [-0.05, 0) is 37.5 Å². The van der Waals surface area contributed by atoms with Crippen molar-refractivity contribution in [1.82, 2.24) is 5.32 Å². The summed E-state index contributed by atoms with van der Waals surface area (Å²) in [5.74, 6) is 0.710. The van der Waals surface area contributed by atoms with Crippen LogP contribution in [0.1, 0.15) is 53.4 Å². The van der Waals surface area contributed by atoms with Gasteiger partial charge in [-0.3, -0.25) is 4.79 Å². The summed E-state index contributed by atoms with van der Waals surface area (Å²) in [7, 11) is 0. The minimum Gasteiger partial charge on any atom is -0.378 e. The number of amides is 1. The zero-order valence-corrected chi connectivity index (χ0v) is 14.3. The molecule has 1 atom stereocenters. The van der Waals surface area contributed by atoms with Crippen molar-refractivity contribution in [3.63, 3.8) is 0 Å². The van der Waals surface area contributed by atoms with Crippen LogP contribution in [0, 0.1) is 11.3 Å². The second-order valence-electron chi connectivity index (χ2n) is 6.58. The molecule has 4 heteroatoms. The van der Waals surface area contributed by atoms with Crippen LogP contribution in [-0.2, 0) is 9.53 Å². The maximum absolute atomic E-state index is 12.1. The fraction of sp³-hybridized carbons (Fsp3) is 0.933. The summed E-state index contributed by atoms with van der Waals surface area (Å²) in [5.41, 5.74) is 0.108. The van der Waals surface area contributed by atoms with E-state index < -0.39 is 0 Å². The lowest BCUT2D eigenvalue weighted by Gasteiger charge is -2.36. The van der Waals surface area contributed by atoms with Crippen molar-refractivity contribution in [3.8, 4) is 0 Å². The molecule has 0 aromatic rings. The lowest BCUT2D eigenvalue weighted by molar-refractivity contribution is -0.125. The fourth-order valence-electron chi connectivity index (χ4n) is 2.56. The Morgan fingerprint density at radius 2 is 2.05 bits per heavy atom. The van der Waals surface area contributed by atoms with Gasteiger partial charge in [-0.1, -0.05) is 36.7 Å². The molecule has 0 saturated heterocycles. The highest BCUT2D eigenvalue weighted by Crippen LogP contribution is 2.33. The van der Waals surface area contributed by atoms with Crippen LogP contribution in [0.3, 0.4) is 0 Å². The molecule has 0 radical (unpaired) electrons. The van der Waals surface area contributed by atoms with Crippen LogP contribution in [0.4, 0.5) is 0 Å². The number of carbonyl (C=O) groups is 1. The van der Waals surface area contributed by atoms with Crippen molar-refractivity contribution in [2.45, 2.75) is 65.5 Å². The first-order valence-corrected chi connectivity index (χ1v) is 8.45. The quantitative estimate of drug-likeness (QED) is 0.724. The minimum atomic E-state index is 0.108. The molecule has 0 bridgehead atoms. The van der Waals surface area contributed by atoms with Gasteiger partial charge >= 0.3 is 0 Å². The predicted molar refractivity (Wildman–Crippen MR) is 82.6 cm³/mol. The number of carbonyl (C=O) groups excluding carboxylic acids is 1. The van der Waals surface area contributed by atoms with Crippen LogP contribution in [0.2, 0.25) is 0 Å². The Morgan fingerprint density at radius 1 is 1.42 bits per heavy atom. The van der Waals surface area contributed by atoms with Crippen LogP contribution in [-0.4, -0.2) is 30.0 Å². The lowest BCUT2D eigenvalue weighted by atomic mass is 9.79. The third-order valence-corrected chi connectivity index (χ3v) is 4.31. The first-order valence-electron chi connectivity index (χ1n) is 7.33.